The Bertz CT molecular complexity index is 985. The molecule has 9 heteroatoms. The van der Waals surface area contributed by atoms with Gasteiger partial charge < -0.3 is 20.1 Å². The zero-order valence-electron chi connectivity index (χ0n) is 14.6. The van der Waals surface area contributed by atoms with E-state index in [0.717, 1.165) is 5.56 Å². The fourth-order valence-corrected chi connectivity index (χ4v) is 4.54. The SMILES string of the molecule is OC[C@H]1O[C@H](n2c(SCc3ccccc3)nc3cc(Cl)c(Cl)cc32)[C@H](O)[C@@H]1O. The van der Waals surface area contributed by atoms with E-state index in [4.69, 9.17) is 27.9 Å². The summed E-state index contributed by atoms with van der Waals surface area (Å²) >= 11 is 13.8. The predicted molar refractivity (Wildman–Crippen MR) is 109 cm³/mol. The highest BCUT2D eigenvalue weighted by Crippen LogP contribution is 2.39. The second-order valence-corrected chi connectivity index (χ2v) is 8.28. The largest absolute Gasteiger partial charge is 0.394 e. The van der Waals surface area contributed by atoms with Gasteiger partial charge in [-0.05, 0) is 17.7 Å². The molecule has 0 bridgehead atoms. The number of aliphatic hydroxyl groups excluding tert-OH is 3. The normalized spacial score (nSPS) is 24.9. The van der Waals surface area contributed by atoms with E-state index in [9.17, 15) is 15.3 Å². The molecule has 2 heterocycles. The number of thioether (sulfide) groups is 1. The molecule has 0 unspecified atom stereocenters. The smallest absolute Gasteiger partial charge is 0.171 e. The Hall–Kier alpha value is -1.32. The standard InChI is InChI=1S/C19H18Cl2N2O4S/c20-11-6-13-14(7-12(11)21)23(18-17(26)16(25)15(8-24)27-18)19(22-13)28-9-10-4-2-1-3-5-10/h1-7,15-18,24-26H,8-9H2/t15-,16-,17-,18+/m1/s1. The minimum Gasteiger partial charge on any atom is -0.394 e. The van der Waals surface area contributed by atoms with Crippen molar-refractivity contribution in [2.45, 2.75) is 35.4 Å². The van der Waals surface area contributed by atoms with Crippen molar-refractivity contribution in [3.63, 3.8) is 0 Å². The molecule has 0 radical (unpaired) electrons. The van der Waals surface area contributed by atoms with Crippen LogP contribution in [-0.2, 0) is 10.5 Å². The maximum absolute atomic E-state index is 10.5. The number of imidazole rings is 1. The molecule has 4 atom stereocenters. The molecule has 2 aromatic carbocycles. The lowest BCUT2D eigenvalue weighted by molar-refractivity contribution is -0.0546. The highest BCUT2D eigenvalue weighted by molar-refractivity contribution is 7.98. The van der Waals surface area contributed by atoms with Gasteiger partial charge in [-0.1, -0.05) is 65.3 Å². The number of aromatic nitrogens is 2. The minimum atomic E-state index is -1.22. The fourth-order valence-electron chi connectivity index (χ4n) is 3.23. The molecular formula is C19H18Cl2N2O4S. The molecule has 1 fully saturated rings. The molecule has 0 saturated carbocycles. The molecule has 0 aliphatic carbocycles. The first-order chi connectivity index (χ1) is 13.5. The molecule has 28 heavy (non-hydrogen) atoms. The Morgan fingerprint density at radius 2 is 1.79 bits per heavy atom. The summed E-state index contributed by atoms with van der Waals surface area (Å²) in [6.45, 7) is -0.402. The van der Waals surface area contributed by atoms with Crippen LogP contribution in [0.5, 0.6) is 0 Å². The third-order valence-corrected chi connectivity index (χ3v) is 6.43. The lowest BCUT2D eigenvalue weighted by Crippen LogP contribution is -2.33. The summed E-state index contributed by atoms with van der Waals surface area (Å²) < 4.78 is 7.44. The average molecular weight is 441 g/mol. The van der Waals surface area contributed by atoms with E-state index >= 15 is 0 Å². The second-order valence-electron chi connectivity index (χ2n) is 6.52. The first kappa shape index (κ1) is 20.0. The first-order valence-electron chi connectivity index (χ1n) is 8.65. The molecule has 1 aliphatic heterocycles. The Kier molecular flexibility index (Phi) is 5.85. The van der Waals surface area contributed by atoms with E-state index in [0.29, 0.717) is 32.0 Å². The summed E-state index contributed by atoms with van der Waals surface area (Å²) in [5.74, 6) is 0.653. The van der Waals surface area contributed by atoms with Crippen LogP contribution in [0.4, 0.5) is 0 Å². The zero-order chi connectivity index (χ0) is 19.8. The zero-order valence-corrected chi connectivity index (χ0v) is 16.9. The number of hydrogen-bond donors (Lipinski definition) is 3. The van der Waals surface area contributed by atoms with Crippen LogP contribution in [0, 0.1) is 0 Å². The molecule has 6 nitrogen and oxygen atoms in total. The molecule has 4 rings (SSSR count). The van der Waals surface area contributed by atoms with Gasteiger partial charge in [0.1, 0.15) is 18.3 Å². The summed E-state index contributed by atoms with van der Waals surface area (Å²) in [5, 5.41) is 31.4. The van der Waals surface area contributed by atoms with Crippen molar-refractivity contribution in [1.29, 1.82) is 0 Å². The Morgan fingerprint density at radius 1 is 1.07 bits per heavy atom. The topological polar surface area (TPSA) is 87.7 Å². The van der Waals surface area contributed by atoms with Gasteiger partial charge >= 0.3 is 0 Å². The van der Waals surface area contributed by atoms with Crippen molar-refractivity contribution in [2.75, 3.05) is 6.61 Å². The molecule has 3 aromatic rings. The Balaban J connectivity index is 1.76. The summed E-state index contributed by atoms with van der Waals surface area (Å²) in [4.78, 5) is 4.63. The predicted octanol–water partition coefficient (Wildman–Crippen LogP) is 3.25. The maximum atomic E-state index is 10.5. The van der Waals surface area contributed by atoms with Crippen molar-refractivity contribution < 1.29 is 20.1 Å². The average Bonchev–Trinajstić information content (AvgIpc) is 3.18. The van der Waals surface area contributed by atoms with E-state index in [1.165, 1.54) is 11.8 Å². The molecule has 0 amide bonds. The van der Waals surface area contributed by atoms with Crippen LogP contribution < -0.4 is 0 Å². The van der Waals surface area contributed by atoms with Crippen LogP contribution in [0.3, 0.4) is 0 Å². The number of fused-ring (bicyclic) bond motifs is 1. The number of halogens is 2. The Labute approximate surface area is 175 Å². The van der Waals surface area contributed by atoms with Gasteiger partial charge in [0.2, 0.25) is 0 Å². The van der Waals surface area contributed by atoms with Crippen LogP contribution in [0.15, 0.2) is 47.6 Å². The van der Waals surface area contributed by atoms with Gasteiger partial charge in [-0.2, -0.15) is 0 Å². The Morgan fingerprint density at radius 3 is 2.46 bits per heavy atom. The van der Waals surface area contributed by atoms with E-state index in [-0.39, 0.29) is 0 Å². The van der Waals surface area contributed by atoms with E-state index in [2.05, 4.69) is 4.98 Å². The van der Waals surface area contributed by atoms with Crippen LogP contribution in [0.1, 0.15) is 11.8 Å². The lowest BCUT2D eigenvalue weighted by atomic mass is 10.1. The van der Waals surface area contributed by atoms with Crippen molar-refractivity contribution in [3.8, 4) is 0 Å². The maximum Gasteiger partial charge on any atom is 0.171 e. The second kappa shape index (κ2) is 8.20. The molecule has 1 aliphatic rings. The number of aliphatic hydroxyl groups is 3. The van der Waals surface area contributed by atoms with Crippen LogP contribution >= 0.6 is 35.0 Å². The van der Waals surface area contributed by atoms with Gasteiger partial charge in [0.15, 0.2) is 11.4 Å². The van der Waals surface area contributed by atoms with Gasteiger partial charge in [-0.25, -0.2) is 4.98 Å². The number of ether oxygens (including phenoxy) is 1. The summed E-state index contributed by atoms with van der Waals surface area (Å²) in [5.41, 5.74) is 2.34. The number of hydrogen-bond acceptors (Lipinski definition) is 6. The van der Waals surface area contributed by atoms with Crippen LogP contribution in [0.25, 0.3) is 11.0 Å². The molecule has 1 saturated heterocycles. The third-order valence-electron chi connectivity index (χ3n) is 4.68. The minimum absolute atomic E-state index is 0.349. The molecular weight excluding hydrogens is 423 g/mol. The summed E-state index contributed by atoms with van der Waals surface area (Å²) in [6.07, 6.45) is -4.22. The fraction of sp³-hybridized carbons (Fsp3) is 0.316. The first-order valence-corrected chi connectivity index (χ1v) is 10.4. The van der Waals surface area contributed by atoms with Gasteiger partial charge in [0.05, 0.1) is 27.7 Å². The van der Waals surface area contributed by atoms with Gasteiger partial charge in [-0.15, -0.1) is 0 Å². The van der Waals surface area contributed by atoms with Crippen molar-refractivity contribution in [2.24, 2.45) is 0 Å². The molecule has 3 N–H and O–H groups in total. The van der Waals surface area contributed by atoms with Gasteiger partial charge in [0, 0.05) is 5.75 Å². The monoisotopic (exact) mass is 440 g/mol. The number of rotatable bonds is 5. The van der Waals surface area contributed by atoms with Gasteiger partial charge in [-0.3, -0.25) is 4.57 Å². The van der Waals surface area contributed by atoms with Gasteiger partial charge in [0.25, 0.3) is 0 Å². The summed E-state index contributed by atoms with van der Waals surface area (Å²) in [7, 11) is 0. The van der Waals surface area contributed by atoms with E-state index in [1.54, 1.807) is 16.7 Å². The van der Waals surface area contributed by atoms with Crippen molar-refractivity contribution in [3.05, 3.63) is 58.1 Å². The number of benzene rings is 2. The highest BCUT2D eigenvalue weighted by atomic mass is 35.5. The number of nitrogens with zero attached hydrogens (tertiary/aromatic N) is 2. The third kappa shape index (κ3) is 3.64. The summed E-state index contributed by atoms with van der Waals surface area (Å²) in [6, 6.07) is 13.2. The van der Waals surface area contributed by atoms with Crippen molar-refractivity contribution >= 4 is 46.0 Å². The lowest BCUT2D eigenvalue weighted by Gasteiger charge is -2.20. The molecule has 1 aromatic heterocycles. The molecule has 0 spiro atoms. The quantitative estimate of drug-likeness (QED) is 0.527. The van der Waals surface area contributed by atoms with Crippen molar-refractivity contribution in [1.82, 2.24) is 9.55 Å². The van der Waals surface area contributed by atoms with Crippen LogP contribution in [-0.4, -0.2) is 49.8 Å². The van der Waals surface area contributed by atoms with E-state index < -0.39 is 31.1 Å². The highest BCUT2D eigenvalue weighted by Gasteiger charge is 2.44. The molecule has 148 valence electrons. The van der Waals surface area contributed by atoms with E-state index in [1.807, 2.05) is 30.3 Å². The van der Waals surface area contributed by atoms with Crippen LogP contribution in [0.2, 0.25) is 10.0 Å².